The van der Waals surface area contributed by atoms with Crippen LogP contribution < -0.4 is 22.1 Å². The Labute approximate surface area is 179 Å². The van der Waals surface area contributed by atoms with Crippen molar-refractivity contribution < 1.29 is 14.0 Å². The Morgan fingerprint density at radius 3 is 2.19 bits per heavy atom. The van der Waals surface area contributed by atoms with E-state index in [1.165, 1.54) is 12.1 Å². The highest BCUT2D eigenvalue weighted by Crippen LogP contribution is 2.33. The van der Waals surface area contributed by atoms with Crippen molar-refractivity contribution in [2.24, 2.45) is 5.73 Å². The van der Waals surface area contributed by atoms with Crippen molar-refractivity contribution in [3.63, 3.8) is 0 Å². The maximum absolute atomic E-state index is 13.1. The van der Waals surface area contributed by atoms with Gasteiger partial charge in [0.05, 0.1) is 16.9 Å². The number of carbonyl (C=O) groups is 2. The van der Waals surface area contributed by atoms with Crippen molar-refractivity contribution in [2.75, 3.05) is 16.4 Å². The summed E-state index contributed by atoms with van der Waals surface area (Å²) in [7, 11) is 0. The molecule has 6 nitrogen and oxygen atoms in total. The number of hydrogen-bond acceptors (Lipinski definition) is 4. The van der Waals surface area contributed by atoms with Gasteiger partial charge in [0.25, 0.3) is 5.91 Å². The van der Waals surface area contributed by atoms with E-state index in [0.29, 0.717) is 41.9 Å². The molecule has 0 aromatic heterocycles. The van der Waals surface area contributed by atoms with E-state index in [9.17, 15) is 14.0 Å². The maximum Gasteiger partial charge on any atom is 0.255 e. The van der Waals surface area contributed by atoms with Crippen molar-refractivity contribution in [2.45, 2.75) is 24.8 Å². The van der Waals surface area contributed by atoms with Gasteiger partial charge >= 0.3 is 0 Å². The van der Waals surface area contributed by atoms with E-state index >= 15 is 0 Å². The molecule has 0 spiro atoms. The van der Waals surface area contributed by atoms with Gasteiger partial charge in [-0.3, -0.25) is 9.59 Å². The Morgan fingerprint density at radius 2 is 1.55 bits per heavy atom. The summed E-state index contributed by atoms with van der Waals surface area (Å²) in [6.45, 7) is 0. The van der Waals surface area contributed by atoms with E-state index < -0.39 is 5.54 Å². The van der Waals surface area contributed by atoms with Crippen molar-refractivity contribution in [3.8, 4) is 0 Å². The third kappa shape index (κ3) is 4.90. The number of rotatable bonds is 6. The third-order valence-corrected chi connectivity index (χ3v) is 5.33. The van der Waals surface area contributed by atoms with Gasteiger partial charge in [0.15, 0.2) is 0 Å². The normalized spacial score (nSPS) is 14.0. The van der Waals surface area contributed by atoms with E-state index in [2.05, 4.69) is 10.6 Å². The fraction of sp³-hybridized carbons (Fsp3) is 0.167. The third-order valence-electron chi connectivity index (χ3n) is 5.33. The second kappa shape index (κ2) is 8.20. The molecule has 3 aromatic rings. The topological polar surface area (TPSA) is 110 Å². The molecule has 1 aliphatic rings. The van der Waals surface area contributed by atoms with E-state index in [-0.39, 0.29) is 17.6 Å². The van der Waals surface area contributed by atoms with Crippen LogP contribution in [0.4, 0.5) is 21.5 Å². The van der Waals surface area contributed by atoms with Gasteiger partial charge in [0.2, 0.25) is 5.91 Å². The molecule has 1 fully saturated rings. The molecule has 0 heterocycles. The molecule has 31 heavy (non-hydrogen) atoms. The van der Waals surface area contributed by atoms with Crippen LogP contribution in [0.15, 0.2) is 66.7 Å². The van der Waals surface area contributed by atoms with Crippen LogP contribution in [0.5, 0.6) is 0 Å². The molecule has 4 rings (SSSR count). The summed E-state index contributed by atoms with van der Waals surface area (Å²) in [5.74, 6) is -0.814. The smallest absolute Gasteiger partial charge is 0.255 e. The molecule has 7 heteroatoms. The Kier molecular flexibility index (Phi) is 5.44. The molecule has 0 atom stereocenters. The quantitative estimate of drug-likeness (QED) is 0.458. The van der Waals surface area contributed by atoms with Crippen molar-refractivity contribution in [3.05, 3.63) is 89.2 Å². The van der Waals surface area contributed by atoms with E-state index in [4.69, 9.17) is 11.5 Å². The lowest BCUT2D eigenvalue weighted by atomic mass is 10.0. The minimum atomic E-state index is -0.757. The molecular weight excluding hydrogens is 395 g/mol. The fourth-order valence-electron chi connectivity index (χ4n) is 3.18. The van der Waals surface area contributed by atoms with Gasteiger partial charge in [0.1, 0.15) is 5.82 Å². The second-order valence-electron chi connectivity index (χ2n) is 7.87. The van der Waals surface area contributed by atoms with Crippen LogP contribution in [0.25, 0.3) is 0 Å². The highest BCUT2D eigenvalue weighted by Gasteiger charge is 2.45. The zero-order chi connectivity index (χ0) is 22.0. The lowest BCUT2D eigenvalue weighted by molar-refractivity contribution is -0.118. The average molecular weight is 418 g/mol. The molecular formula is C24H23FN4O2. The summed E-state index contributed by atoms with van der Waals surface area (Å²) in [5, 5.41) is 5.59. The first-order valence-corrected chi connectivity index (χ1v) is 9.97. The van der Waals surface area contributed by atoms with E-state index in [0.717, 1.165) is 11.1 Å². The maximum atomic E-state index is 13.1. The number of amides is 2. The number of hydrogen-bond donors (Lipinski definition) is 4. The van der Waals surface area contributed by atoms with Crippen LogP contribution >= 0.6 is 0 Å². The molecule has 2 amide bonds. The van der Waals surface area contributed by atoms with Gasteiger partial charge in [-0.2, -0.15) is 0 Å². The van der Waals surface area contributed by atoms with Gasteiger partial charge in [0, 0.05) is 11.3 Å². The SMILES string of the molecule is Nc1ccc(Cc2ccc(F)cc2)cc1NC(=O)c1ccc(NC(=O)C2(N)CC2)cc1. The molecule has 0 saturated heterocycles. The predicted molar refractivity (Wildman–Crippen MR) is 119 cm³/mol. The minimum Gasteiger partial charge on any atom is -0.397 e. The zero-order valence-corrected chi connectivity index (χ0v) is 16.8. The van der Waals surface area contributed by atoms with E-state index in [1.807, 2.05) is 12.1 Å². The molecule has 0 aliphatic heterocycles. The summed E-state index contributed by atoms with van der Waals surface area (Å²) in [6.07, 6.45) is 1.95. The first-order chi connectivity index (χ1) is 14.8. The highest BCUT2D eigenvalue weighted by molar-refractivity contribution is 6.06. The average Bonchev–Trinajstić information content (AvgIpc) is 3.51. The van der Waals surface area contributed by atoms with Crippen LogP contribution in [0.3, 0.4) is 0 Å². The summed E-state index contributed by atoms with van der Waals surface area (Å²) in [4.78, 5) is 24.7. The number of nitrogen functional groups attached to an aromatic ring is 1. The van der Waals surface area contributed by atoms with Gasteiger partial charge < -0.3 is 22.1 Å². The van der Waals surface area contributed by atoms with Crippen LogP contribution in [-0.2, 0) is 11.2 Å². The second-order valence-corrected chi connectivity index (χ2v) is 7.87. The predicted octanol–water partition coefficient (Wildman–Crippen LogP) is 3.68. The standard InChI is InChI=1S/C24H23FN4O2/c25-18-6-1-15(2-7-18)13-16-3-10-20(26)21(14-16)29-22(30)17-4-8-19(9-5-17)28-23(31)24(27)11-12-24/h1-10,14H,11-13,26-27H2,(H,28,31)(H,29,30). The number of nitrogens with one attached hydrogen (secondary N) is 2. The van der Waals surface area contributed by atoms with Gasteiger partial charge in [-0.25, -0.2) is 4.39 Å². The first kappa shape index (κ1) is 20.6. The Balaban J connectivity index is 1.42. The summed E-state index contributed by atoms with van der Waals surface area (Å²) in [5.41, 5.74) is 15.0. The first-order valence-electron chi connectivity index (χ1n) is 9.97. The number of benzene rings is 3. The zero-order valence-electron chi connectivity index (χ0n) is 16.8. The largest absolute Gasteiger partial charge is 0.397 e. The van der Waals surface area contributed by atoms with Crippen LogP contribution in [0.1, 0.15) is 34.3 Å². The van der Waals surface area contributed by atoms with Crippen LogP contribution in [-0.4, -0.2) is 17.4 Å². The highest BCUT2D eigenvalue weighted by atomic mass is 19.1. The number of halogens is 1. The Morgan fingerprint density at radius 1 is 0.903 bits per heavy atom. The summed E-state index contributed by atoms with van der Waals surface area (Å²) >= 11 is 0. The fourth-order valence-corrected chi connectivity index (χ4v) is 3.18. The van der Waals surface area contributed by atoms with Crippen LogP contribution in [0, 0.1) is 5.82 Å². The lowest BCUT2D eigenvalue weighted by Crippen LogP contribution is -2.37. The Hall–Kier alpha value is -3.71. The van der Waals surface area contributed by atoms with Crippen molar-refractivity contribution >= 4 is 28.9 Å². The molecule has 3 aromatic carbocycles. The molecule has 1 aliphatic carbocycles. The number of carbonyl (C=O) groups excluding carboxylic acids is 2. The summed E-state index contributed by atoms with van der Waals surface area (Å²) < 4.78 is 13.1. The number of anilines is 3. The lowest BCUT2D eigenvalue weighted by Gasteiger charge is -2.12. The summed E-state index contributed by atoms with van der Waals surface area (Å²) in [6, 6.07) is 18.3. The van der Waals surface area contributed by atoms with Gasteiger partial charge in [-0.1, -0.05) is 18.2 Å². The molecule has 0 radical (unpaired) electrons. The molecule has 0 unspecified atom stereocenters. The van der Waals surface area contributed by atoms with Gasteiger partial charge in [-0.15, -0.1) is 0 Å². The number of nitrogens with two attached hydrogens (primary N) is 2. The van der Waals surface area contributed by atoms with Crippen molar-refractivity contribution in [1.82, 2.24) is 0 Å². The van der Waals surface area contributed by atoms with Crippen molar-refractivity contribution in [1.29, 1.82) is 0 Å². The Bertz CT molecular complexity index is 1120. The van der Waals surface area contributed by atoms with E-state index in [1.54, 1.807) is 42.5 Å². The minimum absolute atomic E-state index is 0.213. The molecule has 158 valence electrons. The van der Waals surface area contributed by atoms with Gasteiger partial charge in [-0.05, 0) is 78.9 Å². The molecule has 1 saturated carbocycles. The van der Waals surface area contributed by atoms with Crippen LogP contribution in [0.2, 0.25) is 0 Å². The molecule has 0 bridgehead atoms. The molecule has 6 N–H and O–H groups in total. The monoisotopic (exact) mass is 418 g/mol.